The molecule has 2 aliphatic carbocycles. The average Bonchev–Trinajstić information content (AvgIpc) is 3.12. The molecular weight excluding hydrogens is 358 g/mol. The Hall–Kier alpha value is -1.19. The zero-order valence-electron chi connectivity index (χ0n) is 19.9. The third kappa shape index (κ3) is 4.61. The van der Waals surface area contributed by atoms with Crippen molar-refractivity contribution >= 4 is 5.57 Å². The molecule has 3 nitrogen and oxygen atoms in total. The van der Waals surface area contributed by atoms with Crippen molar-refractivity contribution in [3.05, 3.63) is 34.2 Å². The van der Waals surface area contributed by atoms with Gasteiger partial charge in [0, 0.05) is 22.5 Å². The van der Waals surface area contributed by atoms with E-state index < -0.39 is 0 Å². The molecule has 0 saturated carbocycles. The number of hydrogen-bond acceptors (Lipinski definition) is 3. The van der Waals surface area contributed by atoms with Crippen LogP contribution in [-0.4, -0.2) is 16.2 Å². The Kier molecular flexibility index (Phi) is 6.32. The lowest BCUT2D eigenvalue weighted by Crippen LogP contribution is -2.35. The third-order valence-electron chi connectivity index (χ3n) is 6.81. The predicted octanol–water partition coefficient (Wildman–Crippen LogP) is 6.73. The number of aliphatic hydroxyl groups excluding tert-OH is 1. The number of pyridine rings is 1. The number of allylic oxidation sites excluding steroid dienone is 2. The second-order valence-electron chi connectivity index (χ2n) is 11.3. The van der Waals surface area contributed by atoms with Crippen molar-refractivity contribution in [3.63, 3.8) is 0 Å². The standard InChI is InChI=1S/C26H41NO2/c1-16(2)24-19(15-28)22(18-11-9-10-12-18)23-20(27-24)13-26(7,8)14-21(23)29-17(3)25(4,5)6/h11,16-17,21,28H,9-10,12-15H2,1-8H3. The van der Waals surface area contributed by atoms with Crippen LogP contribution in [0.4, 0.5) is 0 Å². The number of rotatable bonds is 5. The van der Waals surface area contributed by atoms with Crippen molar-refractivity contribution < 1.29 is 9.84 Å². The predicted molar refractivity (Wildman–Crippen MR) is 121 cm³/mol. The summed E-state index contributed by atoms with van der Waals surface area (Å²) in [5, 5.41) is 10.4. The molecule has 2 atom stereocenters. The fourth-order valence-corrected chi connectivity index (χ4v) is 4.79. The number of aliphatic hydroxyl groups is 1. The van der Waals surface area contributed by atoms with Gasteiger partial charge in [-0.15, -0.1) is 0 Å². The van der Waals surface area contributed by atoms with E-state index in [4.69, 9.17) is 9.72 Å². The number of fused-ring (bicyclic) bond motifs is 1. The number of nitrogens with zero attached hydrogens (tertiary/aromatic N) is 1. The van der Waals surface area contributed by atoms with E-state index in [1.165, 1.54) is 28.8 Å². The molecule has 1 aromatic heterocycles. The molecule has 29 heavy (non-hydrogen) atoms. The van der Waals surface area contributed by atoms with Gasteiger partial charge in [0.25, 0.3) is 0 Å². The minimum absolute atomic E-state index is 0.0264. The highest BCUT2D eigenvalue weighted by molar-refractivity contribution is 5.74. The molecule has 162 valence electrons. The van der Waals surface area contributed by atoms with Crippen LogP contribution in [-0.2, 0) is 17.8 Å². The van der Waals surface area contributed by atoms with Crippen LogP contribution in [0.25, 0.3) is 5.57 Å². The number of aromatic nitrogens is 1. The van der Waals surface area contributed by atoms with Crippen molar-refractivity contribution in [2.75, 3.05) is 0 Å². The van der Waals surface area contributed by atoms with Crippen molar-refractivity contribution in [2.45, 2.75) is 112 Å². The molecule has 0 amide bonds. The quantitative estimate of drug-likeness (QED) is 0.597. The fraction of sp³-hybridized carbons (Fsp3) is 0.731. The lowest BCUT2D eigenvalue weighted by Gasteiger charge is -2.41. The van der Waals surface area contributed by atoms with Gasteiger partial charge >= 0.3 is 0 Å². The Morgan fingerprint density at radius 3 is 2.45 bits per heavy atom. The van der Waals surface area contributed by atoms with E-state index in [1.807, 2.05) is 0 Å². The van der Waals surface area contributed by atoms with E-state index in [0.29, 0.717) is 5.92 Å². The highest BCUT2D eigenvalue weighted by Crippen LogP contribution is 2.49. The first-order valence-corrected chi connectivity index (χ1v) is 11.5. The molecule has 0 spiro atoms. The van der Waals surface area contributed by atoms with Crippen molar-refractivity contribution in [1.29, 1.82) is 0 Å². The summed E-state index contributed by atoms with van der Waals surface area (Å²) in [6, 6.07) is 0. The Labute approximate surface area is 178 Å². The molecule has 0 aliphatic heterocycles. The smallest absolute Gasteiger partial charge is 0.0857 e. The molecule has 0 radical (unpaired) electrons. The molecule has 0 aromatic carbocycles. The summed E-state index contributed by atoms with van der Waals surface area (Å²) < 4.78 is 6.77. The maximum absolute atomic E-state index is 10.4. The Bertz CT molecular complexity index is 783. The van der Waals surface area contributed by atoms with Gasteiger partial charge in [-0.2, -0.15) is 0 Å². The molecular formula is C26H41NO2. The number of ether oxygens (including phenoxy) is 1. The molecule has 3 heteroatoms. The Balaban J connectivity index is 2.23. The van der Waals surface area contributed by atoms with Crippen LogP contribution in [0.15, 0.2) is 6.08 Å². The van der Waals surface area contributed by atoms with Crippen LogP contribution in [0.5, 0.6) is 0 Å². The molecule has 2 unspecified atom stereocenters. The Morgan fingerprint density at radius 1 is 1.24 bits per heavy atom. The maximum Gasteiger partial charge on any atom is 0.0857 e. The summed E-state index contributed by atoms with van der Waals surface area (Å²) in [4.78, 5) is 5.16. The Morgan fingerprint density at radius 2 is 1.93 bits per heavy atom. The summed E-state index contributed by atoms with van der Waals surface area (Å²) >= 11 is 0. The summed E-state index contributed by atoms with van der Waals surface area (Å²) in [5.74, 6) is 0.293. The van der Waals surface area contributed by atoms with Gasteiger partial charge in [-0.3, -0.25) is 4.98 Å². The summed E-state index contributed by atoms with van der Waals surface area (Å²) in [6.07, 6.45) is 7.93. The molecule has 0 fully saturated rings. The van der Waals surface area contributed by atoms with Gasteiger partial charge in [0.05, 0.1) is 18.8 Å². The summed E-state index contributed by atoms with van der Waals surface area (Å²) in [5.41, 5.74) is 7.45. The molecule has 1 aromatic rings. The minimum Gasteiger partial charge on any atom is -0.392 e. The first-order chi connectivity index (χ1) is 13.4. The van der Waals surface area contributed by atoms with Crippen LogP contribution in [0.3, 0.4) is 0 Å². The first kappa shape index (κ1) is 22.5. The third-order valence-corrected chi connectivity index (χ3v) is 6.81. The molecule has 3 rings (SSSR count). The lowest BCUT2D eigenvalue weighted by atomic mass is 9.71. The van der Waals surface area contributed by atoms with Crippen molar-refractivity contribution in [2.24, 2.45) is 10.8 Å². The molecule has 2 aliphatic rings. The highest BCUT2D eigenvalue weighted by Gasteiger charge is 2.39. The van der Waals surface area contributed by atoms with Crippen molar-refractivity contribution in [3.8, 4) is 0 Å². The van der Waals surface area contributed by atoms with Gasteiger partial charge < -0.3 is 9.84 Å². The zero-order valence-corrected chi connectivity index (χ0v) is 19.9. The molecule has 1 N–H and O–H groups in total. The van der Waals surface area contributed by atoms with Crippen LogP contribution in [0.2, 0.25) is 0 Å². The summed E-state index contributed by atoms with van der Waals surface area (Å²) in [7, 11) is 0. The van der Waals surface area contributed by atoms with Crippen molar-refractivity contribution in [1.82, 2.24) is 4.98 Å². The van der Waals surface area contributed by atoms with Crippen LogP contribution in [0, 0.1) is 10.8 Å². The molecule has 0 saturated heterocycles. The highest BCUT2D eigenvalue weighted by atomic mass is 16.5. The van der Waals surface area contributed by atoms with Crippen LogP contribution >= 0.6 is 0 Å². The van der Waals surface area contributed by atoms with Gasteiger partial charge in [-0.25, -0.2) is 0 Å². The molecule has 0 bridgehead atoms. The van der Waals surface area contributed by atoms with E-state index in [-0.39, 0.29) is 29.6 Å². The van der Waals surface area contributed by atoms with Crippen LogP contribution in [0.1, 0.15) is 121 Å². The topological polar surface area (TPSA) is 42.4 Å². The number of hydrogen-bond donors (Lipinski definition) is 1. The van der Waals surface area contributed by atoms with Gasteiger partial charge in [0.1, 0.15) is 0 Å². The SMILES string of the molecule is CC(C)c1nc2c(c(C3=CCCC3)c1CO)C(OC(C)C(C)(C)C)CC(C)(C)C2. The molecule has 1 heterocycles. The van der Waals surface area contributed by atoms with E-state index >= 15 is 0 Å². The zero-order chi connectivity index (χ0) is 21.6. The van der Waals surface area contributed by atoms with Crippen LogP contribution < -0.4 is 0 Å². The van der Waals surface area contributed by atoms with Gasteiger partial charge in [0.15, 0.2) is 0 Å². The monoisotopic (exact) mass is 399 g/mol. The maximum atomic E-state index is 10.4. The first-order valence-electron chi connectivity index (χ1n) is 11.5. The van der Waals surface area contributed by atoms with Gasteiger partial charge in [-0.1, -0.05) is 54.5 Å². The second kappa shape index (κ2) is 8.15. The lowest BCUT2D eigenvalue weighted by molar-refractivity contribution is -0.0778. The summed E-state index contributed by atoms with van der Waals surface area (Å²) in [6.45, 7) is 18.0. The van der Waals surface area contributed by atoms with Gasteiger partial charge in [0.2, 0.25) is 0 Å². The van der Waals surface area contributed by atoms with E-state index in [0.717, 1.165) is 36.9 Å². The van der Waals surface area contributed by atoms with E-state index in [1.54, 1.807) is 0 Å². The largest absolute Gasteiger partial charge is 0.392 e. The van der Waals surface area contributed by atoms with Gasteiger partial charge in [-0.05, 0) is 66.9 Å². The second-order valence-corrected chi connectivity index (χ2v) is 11.3. The van der Waals surface area contributed by atoms with E-state index in [2.05, 4.69) is 61.5 Å². The average molecular weight is 400 g/mol. The van der Waals surface area contributed by atoms with E-state index in [9.17, 15) is 5.11 Å². The fourth-order valence-electron chi connectivity index (χ4n) is 4.79. The normalized spacial score (nSPS) is 22.6. The minimum atomic E-state index is 0.0264.